The molecule has 0 amide bonds. The Bertz CT molecular complexity index is 405. The van der Waals surface area contributed by atoms with E-state index in [1.165, 1.54) is 0 Å². The first kappa shape index (κ1) is 13.0. The van der Waals surface area contributed by atoms with Crippen LogP contribution in [0.4, 0.5) is 11.6 Å². The molecule has 1 fully saturated rings. The fourth-order valence-electron chi connectivity index (χ4n) is 1.78. The van der Waals surface area contributed by atoms with E-state index in [0.717, 1.165) is 23.6 Å². The Hall–Kier alpha value is -1.40. The molecule has 1 saturated heterocycles. The maximum atomic E-state index is 5.86. The summed E-state index contributed by atoms with van der Waals surface area (Å²) in [6, 6.07) is 0. The van der Waals surface area contributed by atoms with E-state index in [2.05, 4.69) is 15.3 Å². The highest BCUT2D eigenvalue weighted by Gasteiger charge is 2.15. The number of aromatic nitrogens is 2. The molecule has 1 aromatic rings. The monoisotopic (exact) mass is 252 g/mol. The molecule has 1 atom stereocenters. The van der Waals surface area contributed by atoms with E-state index in [1.54, 1.807) is 0 Å². The van der Waals surface area contributed by atoms with Crippen molar-refractivity contribution in [1.29, 1.82) is 0 Å². The van der Waals surface area contributed by atoms with E-state index in [1.807, 2.05) is 13.8 Å². The minimum Gasteiger partial charge on any atom is -0.383 e. The SMILES string of the molecule is CCc1nc(N)c(C)c(NCC2COCCO2)n1. The summed E-state index contributed by atoms with van der Waals surface area (Å²) in [6.45, 7) is 6.53. The van der Waals surface area contributed by atoms with Crippen LogP contribution < -0.4 is 11.1 Å². The van der Waals surface area contributed by atoms with Crippen LogP contribution in [-0.2, 0) is 15.9 Å². The van der Waals surface area contributed by atoms with Crippen molar-refractivity contribution < 1.29 is 9.47 Å². The van der Waals surface area contributed by atoms with Gasteiger partial charge in [-0.25, -0.2) is 9.97 Å². The lowest BCUT2D eigenvalue weighted by molar-refractivity contribution is -0.0819. The minimum atomic E-state index is 0.0689. The van der Waals surface area contributed by atoms with E-state index in [9.17, 15) is 0 Å². The highest BCUT2D eigenvalue weighted by atomic mass is 16.6. The number of rotatable bonds is 4. The first-order chi connectivity index (χ1) is 8.70. The largest absolute Gasteiger partial charge is 0.383 e. The second kappa shape index (κ2) is 5.97. The van der Waals surface area contributed by atoms with Crippen LogP contribution in [0.3, 0.4) is 0 Å². The van der Waals surface area contributed by atoms with E-state index >= 15 is 0 Å². The van der Waals surface area contributed by atoms with E-state index < -0.39 is 0 Å². The number of nitrogens with two attached hydrogens (primary N) is 1. The van der Waals surface area contributed by atoms with Gasteiger partial charge in [-0.1, -0.05) is 6.92 Å². The number of hydrogen-bond acceptors (Lipinski definition) is 6. The molecule has 2 rings (SSSR count). The highest BCUT2D eigenvalue weighted by molar-refractivity contribution is 5.54. The van der Waals surface area contributed by atoms with Gasteiger partial charge in [0, 0.05) is 18.5 Å². The van der Waals surface area contributed by atoms with Crippen molar-refractivity contribution in [3.8, 4) is 0 Å². The van der Waals surface area contributed by atoms with Gasteiger partial charge >= 0.3 is 0 Å². The van der Waals surface area contributed by atoms with Crippen LogP contribution in [0.15, 0.2) is 0 Å². The molecule has 0 saturated carbocycles. The highest BCUT2D eigenvalue weighted by Crippen LogP contribution is 2.17. The first-order valence-electron chi connectivity index (χ1n) is 6.27. The molecule has 0 bridgehead atoms. The lowest BCUT2D eigenvalue weighted by Crippen LogP contribution is -2.34. The number of nitrogens with zero attached hydrogens (tertiary/aromatic N) is 2. The summed E-state index contributed by atoms with van der Waals surface area (Å²) in [7, 11) is 0. The average molecular weight is 252 g/mol. The molecule has 2 heterocycles. The summed E-state index contributed by atoms with van der Waals surface area (Å²) in [4.78, 5) is 8.65. The molecule has 1 aliphatic heterocycles. The van der Waals surface area contributed by atoms with Crippen LogP contribution in [-0.4, -0.2) is 42.4 Å². The third-order valence-electron chi connectivity index (χ3n) is 2.93. The van der Waals surface area contributed by atoms with Gasteiger partial charge in [-0.3, -0.25) is 0 Å². The smallest absolute Gasteiger partial charge is 0.134 e. The number of nitrogen functional groups attached to an aromatic ring is 1. The first-order valence-corrected chi connectivity index (χ1v) is 6.27. The summed E-state index contributed by atoms with van der Waals surface area (Å²) in [5, 5.41) is 3.26. The molecule has 0 aliphatic carbocycles. The second-order valence-corrected chi connectivity index (χ2v) is 4.30. The van der Waals surface area contributed by atoms with E-state index in [0.29, 0.717) is 32.2 Å². The second-order valence-electron chi connectivity index (χ2n) is 4.30. The van der Waals surface area contributed by atoms with Gasteiger partial charge in [0.2, 0.25) is 0 Å². The van der Waals surface area contributed by atoms with Crippen LogP contribution in [0.2, 0.25) is 0 Å². The lowest BCUT2D eigenvalue weighted by atomic mass is 10.2. The van der Waals surface area contributed by atoms with Gasteiger partial charge in [0.25, 0.3) is 0 Å². The molecule has 6 heteroatoms. The predicted molar refractivity (Wildman–Crippen MR) is 69.6 cm³/mol. The predicted octanol–water partition coefficient (Wildman–Crippen LogP) is 0.757. The van der Waals surface area contributed by atoms with Crippen LogP contribution in [0.5, 0.6) is 0 Å². The molecule has 0 spiro atoms. The van der Waals surface area contributed by atoms with E-state index in [-0.39, 0.29) is 6.10 Å². The molecule has 0 aromatic carbocycles. The molecule has 3 N–H and O–H groups in total. The third kappa shape index (κ3) is 3.08. The van der Waals surface area contributed by atoms with Gasteiger partial charge in [-0.05, 0) is 6.92 Å². The summed E-state index contributed by atoms with van der Waals surface area (Å²) in [5.41, 5.74) is 6.74. The van der Waals surface area contributed by atoms with Crippen molar-refractivity contribution in [3.05, 3.63) is 11.4 Å². The standard InChI is InChI=1S/C12H20N4O2/c1-3-10-15-11(13)8(2)12(16-10)14-6-9-7-17-4-5-18-9/h9H,3-7H2,1-2H3,(H3,13,14,15,16). The van der Waals surface area contributed by atoms with Crippen molar-refractivity contribution in [3.63, 3.8) is 0 Å². The zero-order valence-electron chi connectivity index (χ0n) is 10.9. The fraction of sp³-hybridized carbons (Fsp3) is 0.667. The van der Waals surface area contributed by atoms with Crippen molar-refractivity contribution in [1.82, 2.24) is 9.97 Å². The fourth-order valence-corrected chi connectivity index (χ4v) is 1.78. The lowest BCUT2D eigenvalue weighted by Gasteiger charge is -2.23. The molecule has 1 aromatic heterocycles. The topological polar surface area (TPSA) is 82.3 Å². The van der Waals surface area contributed by atoms with Gasteiger partial charge in [-0.15, -0.1) is 0 Å². The summed E-state index contributed by atoms with van der Waals surface area (Å²) in [6.07, 6.45) is 0.835. The molecule has 0 radical (unpaired) electrons. The Morgan fingerprint density at radius 3 is 2.89 bits per heavy atom. The average Bonchev–Trinajstić information content (AvgIpc) is 2.41. The van der Waals surface area contributed by atoms with Crippen molar-refractivity contribution in [2.45, 2.75) is 26.4 Å². The van der Waals surface area contributed by atoms with Crippen molar-refractivity contribution >= 4 is 11.6 Å². The maximum absolute atomic E-state index is 5.86. The van der Waals surface area contributed by atoms with Gasteiger partial charge in [-0.2, -0.15) is 0 Å². The van der Waals surface area contributed by atoms with E-state index in [4.69, 9.17) is 15.2 Å². The van der Waals surface area contributed by atoms with Gasteiger partial charge < -0.3 is 20.5 Å². The van der Waals surface area contributed by atoms with Crippen LogP contribution in [0.25, 0.3) is 0 Å². The molecular weight excluding hydrogens is 232 g/mol. The van der Waals surface area contributed by atoms with Crippen LogP contribution in [0, 0.1) is 6.92 Å². The Kier molecular flexibility index (Phi) is 4.33. The Morgan fingerprint density at radius 1 is 1.39 bits per heavy atom. The van der Waals surface area contributed by atoms with Gasteiger partial charge in [0.05, 0.1) is 25.9 Å². The molecule has 1 aliphatic rings. The molecular formula is C12H20N4O2. The van der Waals surface area contributed by atoms with Crippen molar-refractivity contribution in [2.24, 2.45) is 0 Å². The number of anilines is 2. The third-order valence-corrected chi connectivity index (χ3v) is 2.93. The number of ether oxygens (including phenoxy) is 2. The van der Waals surface area contributed by atoms with Crippen molar-refractivity contribution in [2.75, 3.05) is 37.4 Å². The molecule has 1 unspecified atom stereocenters. The minimum absolute atomic E-state index is 0.0689. The van der Waals surface area contributed by atoms with Gasteiger partial charge in [0.1, 0.15) is 17.5 Å². The van der Waals surface area contributed by atoms with Crippen LogP contribution in [0.1, 0.15) is 18.3 Å². The Morgan fingerprint density at radius 2 is 2.22 bits per heavy atom. The Balaban J connectivity index is 2.01. The summed E-state index contributed by atoms with van der Waals surface area (Å²) >= 11 is 0. The van der Waals surface area contributed by atoms with Gasteiger partial charge in [0.15, 0.2) is 0 Å². The Labute approximate surface area is 107 Å². The van der Waals surface area contributed by atoms with Crippen LogP contribution >= 0.6 is 0 Å². The quantitative estimate of drug-likeness (QED) is 0.823. The molecule has 100 valence electrons. The zero-order chi connectivity index (χ0) is 13.0. The molecule has 18 heavy (non-hydrogen) atoms. The number of aryl methyl sites for hydroxylation is 1. The summed E-state index contributed by atoms with van der Waals surface area (Å²) < 4.78 is 10.9. The molecule has 6 nitrogen and oxygen atoms in total. The number of nitrogens with one attached hydrogen (secondary N) is 1. The normalized spacial score (nSPS) is 19.8. The zero-order valence-corrected chi connectivity index (χ0v) is 10.9. The summed E-state index contributed by atoms with van der Waals surface area (Å²) in [5.74, 6) is 2.07. The maximum Gasteiger partial charge on any atom is 0.134 e. The number of hydrogen-bond donors (Lipinski definition) is 2.